The van der Waals surface area contributed by atoms with Gasteiger partial charge in [-0.1, -0.05) is 30.3 Å². The van der Waals surface area contributed by atoms with Crippen molar-refractivity contribution >= 4 is 0 Å². The molecule has 1 aliphatic rings. The molecule has 1 N–H and O–H groups in total. The first-order chi connectivity index (χ1) is 8.22. The van der Waals surface area contributed by atoms with Gasteiger partial charge in [0.1, 0.15) is 0 Å². The molecule has 2 unspecified atom stereocenters. The molecule has 1 aliphatic heterocycles. The molecule has 1 heterocycles. The molecule has 1 saturated heterocycles. The standard InChI is InChI=1S/C15H23NO/c1-15(12-17-2)11-14(8-9-16-15)10-13-6-4-3-5-7-13/h3-7,14,16H,8-12H2,1-2H3. The minimum absolute atomic E-state index is 0.159. The molecule has 2 atom stereocenters. The maximum Gasteiger partial charge on any atom is 0.0641 e. The molecule has 2 rings (SSSR count). The molecule has 17 heavy (non-hydrogen) atoms. The van der Waals surface area contributed by atoms with Gasteiger partial charge in [-0.25, -0.2) is 0 Å². The van der Waals surface area contributed by atoms with Crippen LogP contribution in [0.2, 0.25) is 0 Å². The second kappa shape index (κ2) is 5.65. The number of ether oxygens (including phenoxy) is 1. The van der Waals surface area contributed by atoms with Gasteiger partial charge >= 0.3 is 0 Å². The molecule has 0 aliphatic carbocycles. The quantitative estimate of drug-likeness (QED) is 0.863. The van der Waals surface area contributed by atoms with Crippen LogP contribution in [0.3, 0.4) is 0 Å². The van der Waals surface area contributed by atoms with E-state index in [2.05, 4.69) is 42.6 Å². The van der Waals surface area contributed by atoms with Crippen LogP contribution in [0.15, 0.2) is 30.3 Å². The first-order valence-corrected chi connectivity index (χ1v) is 6.50. The number of nitrogens with one attached hydrogen (secondary N) is 1. The largest absolute Gasteiger partial charge is 0.383 e. The normalized spacial score (nSPS) is 29.2. The van der Waals surface area contributed by atoms with Gasteiger partial charge in [-0.05, 0) is 44.2 Å². The third-order valence-electron chi connectivity index (χ3n) is 3.67. The Labute approximate surface area is 104 Å². The summed E-state index contributed by atoms with van der Waals surface area (Å²) in [5, 5.41) is 3.59. The summed E-state index contributed by atoms with van der Waals surface area (Å²) in [4.78, 5) is 0. The van der Waals surface area contributed by atoms with E-state index in [1.165, 1.54) is 24.8 Å². The molecule has 0 bridgehead atoms. The fraction of sp³-hybridized carbons (Fsp3) is 0.600. The van der Waals surface area contributed by atoms with E-state index in [1.54, 1.807) is 7.11 Å². The molecule has 0 spiro atoms. The van der Waals surface area contributed by atoms with Gasteiger partial charge in [0.05, 0.1) is 6.61 Å². The molecule has 0 aromatic heterocycles. The van der Waals surface area contributed by atoms with Gasteiger partial charge in [-0.2, -0.15) is 0 Å². The zero-order valence-electron chi connectivity index (χ0n) is 10.9. The van der Waals surface area contributed by atoms with Crippen molar-refractivity contribution in [2.75, 3.05) is 20.3 Å². The monoisotopic (exact) mass is 233 g/mol. The summed E-state index contributed by atoms with van der Waals surface area (Å²) >= 11 is 0. The smallest absolute Gasteiger partial charge is 0.0641 e. The van der Waals surface area contributed by atoms with Crippen LogP contribution in [0, 0.1) is 5.92 Å². The maximum atomic E-state index is 5.32. The summed E-state index contributed by atoms with van der Waals surface area (Å²) < 4.78 is 5.32. The van der Waals surface area contributed by atoms with Crippen LogP contribution in [0.5, 0.6) is 0 Å². The third-order valence-corrected chi connectivity index (χ3v) is 3.67. The lowest BCUT2D eigenvalue weighted by Crippen LogP contribution is -2.52. The zero-order valence-corrected chi connectivity index (χ0v) is 10.9. The molecule has 1 aromatic carbocycles. The molecule has 94 valence electrons. The molecule has 2 heteroatoms. The Balaban J connectivity index is 1.94. The van der Waals surface area contributed by atoms with E-state index in [0.29, 0.717) is 0 Å². The van der Waals surface area contributed by atoms with Gasteiger partial charge in [0.25, 0.3) is 0 Å². The number of methoxy groups -OCH3 is 1. The van der Waals surface area contributed by atoms with E-state index in [9.17, 15) is 0 Å². The summed E-state index contributed by atoms with van der Waals surface area (Å²) in [5.74, 6) is 0.777. The number of benzene rings is 1. The Hall–Kier alpha value is -0.860. The minimum atomic E-state index is 0.159. The van der Waals surface area contributed by atoms with E-state index in [4.69, 9.17) is 4.74 Å². The van der Waals surface area contributed by atoms with Crippen LogP contribution in [-0.4, -0.2) is 25.8 Å². The van der Waals surface area contributed by atoms with E-state index in [1.807, 2.05) is 0 Å². The Bertz CT molecular complexity index is 334. The van der Waals surface area contributed by atoms with E-state index in [0.717, 1.165) is 19.1 Å². The lowest BCUT2D eigenvalue weighted by Gasteiger charge is -2.39. The Morgan fingerprint density at radius 1 is 1.35 bits per heavy atom. The van der Waals surface area contributed by atoms with Crippen molar-refractivity contribution in [3.05, 3.63) is 35.9 Å². The highest BCUT2D eigenvalue weighted by Crippen LogP contribution is 2.27. The average Bonchev–Trinajstić information content (AvgIpc) is 2.30. The minimum Gasteiger partial charge on any atom is -0.383 e. The van der Waals surface area contributed by atoms with Crippen molar-refractivity contribution in [2.45, 2.75) is 31.7 Å². The summed E-state index contributed by atoms with van der Waals surface area (Å²) in [5.41, 5.74) is 1.62. The second-order valence-corrected chi connectivity index (χ2v) is 5.47. The van der Waals surface area contributed by atoms with Crippen LogP contribution in [0.4, 0.5) is 0 Å². The fourth-order valence-corrected chi connectivity index (χ4v) is 2.94. The highest BCUT2D eigenvalue weighted by atomic mass is 16.5. The van der Waals surface area contributed by atoms with Crippen molar-refractivity contribution in [3.8, 4) is 0 Å². The van der Waals surface area contributed by atoms with Crippen molar-refractivity contribution in [3.63, 3.8) is 0 Å². The first-order valence-electron chi connectivity index (χ1n) is 6.50. The first kappa shape index (κ1) is 12.6. The maximum absolute atomic E-state index is 5.32. The van der Waals surface area contributed by atoms with E-state index >= 15 is 0 Å². The number of rotatable bonds is 4. The van der Waals surface area contributed by atoms with Gasteiger partial charge in [0.2, 0.25) is 0 Å². The van der Waals surface area contributed by atoms with Crippen LogP contribution in [0.25, 0.3) is 0 Å². The van der Waals surface area contributed by atoms with Crippen LogP contribution in [-0.2, 0) is 11.2 Å². The lowest BCUT2D eigenvalue weighted by molar-refractivity contribution is 0.0830. The fourth-order valence-electron chi connectivity index (χ4n) is 2.94. The van der Waals surface area contributed by atoms with Crippen molar-refractivity contribution in [2.24, 2.45) is 5.92 Å². The summed E-state index contributed by atoms with van der Waals surface area (Å²) in [6.07, 6.45) is 3.67. The molecule has 0 radical (unpaired) electrons. The van der Waals surface area contributed by atoms with Gasteiger partial charge < -0.3 is 10.1 Å². The average molecular weight is 233 g/mol. The predicted molar refractivity (Wildman–Crippen MR) is 71.2 cm³/mol. The van der Waals surface area contributed by atoms with Gasteiger partial charge in [0, 0.05) is 12.6 Å². The van der Waals surface area contributed by atoms with Gasteiger partial charge in [-0.3, -0.25) is 0 Å². The van der Waals surface area contributed by atoms with Crippen molar-refractivity contribution in [1.29, 1.82) is 0 Å². The van der Waals surface area contributed by atoms with Gasteiger partial charge in [0.15, 0.2) is 0 Å². The SMILES string of the molecule is COCC1(C)CC(Cc2ccccc2)CCN1. The zero-order chi connectivity index (χ0) is 12.1. The molecule has 2 nitrogen and oxygen atoms in total. The number of hydrogen-bond donors (Lipinski definition) is 1. The van der Waals surface area contributed by atoms with Crippen molar-refractivity contribution in [1.82, 2.24) is 5.32 Å². The summed E-state index contributed by atoms with van der Waals surface area (Å²) in [7, 11) is 1.79. The Morgan fingerprint density at radius 3 is 2.82 bits per heavy atom. The topological polar surface area (TPSA) is 21.3 Å². The predicted octanol–water partition coefficient (Wildman–Crippen LogP) is 2.63. The Morgan fingerprint density at radius 2 is 2.12 bits per heavy atom. The molecule has 0 saturated carbocycles. The number of hydrogen-bond acceptors (Lipinski definition) is 2. The molecule has 1 aromatic rings. The number of piperidine rings is 1. The lowest BCUT2D eigenvalue weighted by atomic mass is 9.80. The third kappa shape index (κ3) is 3.55. The molecule has 0 amide bonds. The van der Waals surface area contributed by atoms with E-state index in [-0.39, 0.29) is 5.54 Å². The van der Waals surface area contributed by atoms with Gasteiger partial charge in [-0.15, -0.1) is 0 Å². The van der Waals surface area contributed by atoms with Crippen LogP contribution >= 0.6 is 0 Å². The summed E-state index contributed by atoms with van der Waals surface area (Å²) in [6.45, 7) is 4.18. The Kier molecular flexibility index (Phi) is 4.19. The van der Waals surface area contributed by atoms with Crippen LogP contribution < -0.4 is 5.32 Å². The van der Waals surface area contributed by atoms with E-state index < -0.39 is 0 Å². The van der Waals surface area contributed by atoms with Crippen molar-refractivity contribution < 1.29 is 4.74 Å². The second-order valence-electron chi connectivity index (χ2n) is 5.47. The highest BCUT2D eigenvalue weighted by Gasteiger charge is 2.31. The molecule has 1 fully saturated rings. The molecular weight excluding hydrogens is 210 g/mol. The van der Waals surface area contributed by atoms with Crippen LogP contribution in [0.1, 0.15) is 25.3 Å². The highest BCUT2D eigenvalue weighted by molar-refractivity contribution is 5.15. The summed E-state index contributed by atoms with van der Waals surface area (Å²) in [6, 6.07) is 10.8. The molecular formula is C15H23NO.